The molecule has 1 aromatic rings. The van der Waals surface area contributed by atoms with Gasteiger partial charge >= 0.3 is 0 Å². The van der Waals surface area contributed by atoms with Crippen molar-refractivity contribution in [1.29, 1.82) is 0 Å². The molecule has 88 valence electrons. The van der Waals surface area contributed by atoms with E-state index in [-0.39, 0.29) is 0 Å². The zero-order chi connectivity index (χ0) is 11.8. The summed E-state index contributed by atoms with van der Waals surface area (Å²) in [4.78, 5) is 0. The van der Waals surface area contributed by atoms with E-state index in [9.17, 15) is 5.11 Å². The van der Waals surface area contributed by atoms with Gasteiger partial charge in [-0.25, -0.2) is 0 Å². The van der Waals surface area contributed by atoms with Gasteiger partial charge in [0, 0.05) is 16.5 Å². The number of aliphatic hydroxyl groups is 1. The van der Waals surface area contributed by atoms with Crippen LogP contribution in [0.2, 0.25) is 0 Å². The van der Waals surface area contributed by atoms with Crippen molar-refractivity contribution in [2.45, 2.75) is 24.9 Å². The fraction of sp³-hybridized carbons (Fsp3) is 0.500. The third-order valence-corrected chi connectivity index (χ3v) is 3.36. The van der Waals surface area contributed by atoms with Crippen LogP contribution in [0.3, 0.4) is 0 Å². The summed E-state index contributed by atoms with van der Waals surface area (Å²) in [6.45, 7) is 0. The third-order valence-electron chi connectivity index (χ3n) is 2.91. The number of halogens is 1. The molecule has 0 aliphatic heterocycles. The van der Waals surface area contributed by atoms with Crippen LogP contribution in [0.4, 0.5) is 0 Å². The molecule has 0 atom stereocenters. The normalized spacial score (nSPS) is 17.0. The van der Waals surface area contributed by atoms with Gasteiger partial charge in [0.2, 0.25) is 0 Å². The second-order valence-electron chi connectivity index (χ2n) is 4.19. The zero-order valence-corrected chi connectivity index (χ0v) is 11.0. The van der Waals surface area contributed by atoms with Crippen LogP contribution < -0.4 is 9.47 Å². The number of ether oxygens (including phenoxy) is 2. The lowest BCUT2D eigenvalue weighted by Crippen LogP contribution is -2.12. The summed E-state index contributed by atoms with van der Waals surface area (Å²) in [5, 5.41) is 9.97. The number of hydrogen-bond acceptors (Lipinski definition) is 3. The minimum absolute atomic E-state index is 0.547. The first-order chi connectivity index (χ1) is 7.58. The van der Waals surface area contributed by atoms with Crippen LogP contribution in [0.25, 0.3) is 0 Å². The summed E-state index contributed by atoms with van der Waals surface area (Å²) in [6, 6.07) is 3.78. The van der Waals surface area contributed by atoms with Gasteiger partial charge in [0.15, 0.2) is 0 Å². The van der Waals surface area contributed by atoms with Crippen molar-refractivity contribution in [2.75, 3.05) is 14.2 Å². The highest BCUT2D eigenvalue weighted by atomic mass is 79.9. The molecular weight excluding hydrogens is 272 g/mol. The van der Waals surface area contributed by atoms with Crippen molar-refractivity contribution < 1.29 is 14.6 Å². The quantitative estimate of drug-likeness (QED) is 0.925. The molecule has 0 radical (unpaired) electrons. The Morgan fingerprint density at radius 2 is 1.75 bits per heavy atom. The number of benzene rings is 1. The van der Waals surface area contributed by atoms with Crippen molar-refractivity contribution in [3.63, 3.8) is 0 Å². The maximum Gasteiger partial charge on any atom is 0.126 e. The fourth-order valence-electron chi connectivity index (χ4n) is 1.78. The minimum atomic E-state index is -0.547. The van der Waals surface area contributed by atoms with E-state index in [2.05, 4.69) is 15.9 Å². The summed E-state index contributed by atoms with van der Waals surface area (Å²) in [7, 11) is 3.25. The van der Waals surface area contributed by atoms with E-state index in [0.29, 0.717) is 6.42 Å². The van der Waals surface area contributed by atoms with Gasteiger partial charge in [-0.2, -0.15) is 0 Å². The number of hydrogen-bond donors (Lipinski definition) is 1. The van der Waals surface area contributed by atoms with Crippen LogP contribution >= 0.6 is 15.9 Å². The molecule has 0 bridgehead atoms. The molecule has 0 aromatic heterocycles. The third kappa shape index (κ3) is 2.33. The maximum absolute atomic E-state index is 9.97. The first kappa shape index (κ1) is 11.7. The molecule has 0 spiro atoms. The summed E-state index contributed by atoms with van der Waals surface area (Å²) in [6.07, 6.45) is 2.30. The Balaban J connectivity index is 2.38. The Labute approximate surface area is 104 Å². The average molecular weight is 287 g/mol. The molecule has 0 saturated heterocycles. The standard InChI is InChI=1S/C12H15BrO3/c1-15-10-5-8(13)6-11(16-2)9(10)7-12(14)3-4-12/h5-6,14H,3-4,7H2,1-2H3. The van der Waals surface area contributed by atoms with Crippen LogP contribution in [-0.4, -0.2) is 24.9 Å². The van der Waals surface area contributed by atoms with E-state index < -0.39 is 5.60 Å². The van der Waals surface area contributed by atoms with E-state index in [0.717, 1.165) is 34.4 Å². The Hall–Kier alpha value is -0.740. The van der Waals surface area contributed by atoms with Gasteiger partial charge in [-0.3, -0.25) is 0 Å². The molecule has 1 aromatic carbocycles. The lowest BCUT2D eigenvalue weighted by Gasteiger charge is -2.16. The predicted molar refractivity (Wildman–Crippen MR) is 65.1 cm³/mol. The Morgan fingerprint density at radius 1 is 1.25 bits per heavy atom. The summed E-state index contributed by atoms with van der Waals surface area (Å²) in [5.41, 5.74) is 0.391. The monoisotopic (exact) mass is 286 g/mol. The van der Waals surface area contributed by atoms with Crippen LogP contribution in [0, 0.1) is 0 Å². The Bertz CT molecular complexity index is 374. The molecule has 16 heavy (non-hydrogen) atoms. The number of methoxy groups -OCH3 is 2. The predicted octanol–water partition coefficient (Wildman–Crippen LogP) is 2.53. The van der Waals surface area contributed by atoms with E-state index in [1.54, 1.807) is 14.2 Å². The molecule has 0 unspecified atom stereocenters. The van der Waals surface area contributed by atoms with Crippen molar-refractivity contribution in [1.82, 2.24) is 0 Å². The molecule has 1 N–H and O–H groups in total. The average Bonchev–Trinajstić information content (AvgIpc) is 2.98. The van der Waals surface area contributed by atoms with Gasteiger partial charge in [0.05, 0.1) is 19.8 Å². The fourth-order valence-corrected chi connectivity index (χ4v) is 2.19. The highest BCUT2D eigenvalue weighted by molar-refractivity contribution is 9.10. The topological polar surface area (TPSA) is 38.7 Å². The van der Waals surface area contributed by atoms with E-state index in [1.165, 1.54) is 0 Å². The summed E-state index contributed by atoms with van der Waals surface area (Å²) in [5.74, 6) is 1.51. The molecule has 4 heteroatoms. The van der Waals surface area contributed by atoms with Crippen molar-refractivity contribution in [2.24, 2.45) is 0 Å². The molecule has 1 aliphatic carbocycles. The van der Waals surface area contributed by atoms with Crippen LogP contribution in [-0.2, 0) is 6.42 Å². The first-order valence-electron chi connectivity index (χ1n) is 5.21. The smallest absolute Gasteiger partial charge is 0.126 e. The molecule has 1 fully saturated rings. The molecule has 2 rings (SSSR count). The first-order valence-corrected chi connectivity index (χ1v) is 6.00. The van der Waals surface area contributed by atoms with Gasteiger partial charge in [-0.1, -0.05) is 15.9 Å². The van der Waals surface area contributed by atoms with Crippen molar-refractivity contribution >= 4 is 15.9 Å². The number of rotatable bonds is 4. The molecule has 1 saturated carbocycles. The highest BCUT2D eigenvalue weighted by Crippen LogP contribution is 2.43. The van der Waals surface area contributed by atoms with Crippen LogP contribution in [0.1, 0.15) is 18.4 Å². The van der Waals surface area contributed by atoms with E-state index >= 15 is 0 Å². The molecule has 3 nitrogen and oxygen atoms in total. The van der Waals surface area contributed by atoms with Crippen molar-refractivity contribution in [3.8, 4) is 11.5 Å². The van der Waals surface area contributed by atoms with Gasteiger partial charge in [0.25, 0.3) is 0 Å². The summed E-state index contributed by atoms with van der Waals surface area (Å²) < 4.78 is 11.6. The second-order valence-corrected chi connectivity index (χ2v) is 5.11. The van der Waals surface area contributed by atoms with Gasteiger partial charge in [0.1, 0.15) is 11.5 Å². The minimum Gasteiger partial charge on any atom is -0.496 e. The van der Waals surface area contributed by atoms with Crippen LogP contribution in [0.15, 0.2) is 16.6 Å². The lowest BCUT2D eigenvalue weighted by molar-refractivity contribution is 0.148. The second kappa shape index (κ2) is 4.26. The van der Waals surface area contributed by atoms with Crippen molar-refractivity contribution in [3.05, 3.63) is 22.2 Å². The molecule has 0 heterocycles. The van der Waals surface area contributed by atoms with Gasteiger partial charge in [-0.15, -0.1) is 0 Å². The molecule has 1 aliphatic rings. The molecule has 0 amide bonds. The summed E-state index contributed by atoms with van der Waals surface area (Å²) >= 11 is 3.40. The highest BCUT2D eigenvalue weighted by Gasteiger charge is 2.41. The van der Waals surface area contributed by atoms with E-state index in [1.807, 2.05) is 12.1 Å². The Morgan fingerprint density at radius 3 is 2.12 bits per heavy atom. The van der Waals surface area contributed by atoms with Gasteiger partial charge in [-0.05, 0) is 25.0 Å². The maximum atomic E-state index is 9.97. The zero-order valence-electron chi connectivity index (χ0n) is 9.42. The SMILES string of the molecule is COc1cc(Br)cc(OC)c1CC1(O)CC1. The lowest BCUT2D eigenvalue weighted by atomic mass is 10.0. The van der Waals surface area contributed by atoms with Gasteiger partial charge < -0.3 is 14.6 Å². The Kier molecular flexibility index (Phi) is 3.13. The molecular formula is C12H15BrO3. The largest absolute Gasteiger partial charge is 0.496 e. The van der Waals surface area contributed by atoms with Crippen LogP contribution in [0.5, 0.6) is 11.5 Å². The van der Waals surface area contributed by atoms with E-state index in [4.69, 9.17) is 9.47 Å².